The van der Waals surface area contributed by atoms with E-state index in [1.165, 1.54) is 32.1 Å². The molecule has 5 aliphatic carbocycles. The van der Waals surface area contributed by atoms with Crippen LogP contribution in [-0.4, -0.2) is 49.3 Å². The van der Waals surface area contributed by atoms with Gasteiger partial charge in [0.25, 0.3) is 0 Å². The molecule has 3 nitrogen and oxygen atoms in total. The summed E-state index contributed by atoms with van der Waals surface area (Å²) in [7, 11) is 6.57. The molecule has 0 amide bonds. The average molecular weight is 415 g/mol. The zero-order valence-corrected chi connectivity index (χ0v) is 20.8. The Bertz CT molecular complexity index is 760. The first kappa shape index (κ1) is 21.5. The number of hydrogen-bond donors (Lipinski definition) is 2. The second kappa shape index (κ2) is 6.14. The van der Waals surface area contributed by atoms with E-state index in [1.54, 1.807) is 0 Å². The molecule has 0 bridgehead atoms. The molecule has 0 radical (unpaired) electrons. The van der Waals surface area contributed by atoms with Crippen LogP contribution >= 0.6 is 0 Å². The first-order valence-electron chi connectivity index (χ1n) is 12.6. The maximum atomic E-state index is 11.3. The molecule has 2 spiro atoms. The summed E-state index contributed by atoms with van der Waals surface area (Å²) in [5.74, 6) is 1.93. The largest absolute Gasteiger partial charge is 0.393 e. The lowest BCUT2D eigenvalue weighted by atomic mass is 9.42. The number of aliphatic hydroxyl groups is 1. The van der Waals surface area contributed by atoms with Gasteiger partial charge in [-0.2, -0.15) is 0 Å². The Hall–Kier alpha value is -0.380. The second-order valence-electron chi connectivity index (χ2n) is 13.4. The molecule has 2 N–H and O–H groups in total. The maximum absolute atomic E-state index is 11.3. The van der Waals surface area contributed by atoms with Crippen molar-refractivity contribution in [2.45, 2.75) is 91.3 Å². The molecule has 170 valence electrons. The molecule has 4 fully saturated rings. The van der Waals surface area contributed by atoms with E-state index in [0.717, 1.165) is 18.3 Å². The summed E-state index contributed by atoms with van der Waals surface area (Å²) < 4.78 is 0. The Kier molecular flexibility index (Phi) is 4.39. The number of fused-ring (bicyclic) bond motifs is 2. The van der Waals surface area contributed by atoms with E-state index in [1.807, 2.05) is 0 Å². The van der Waals surface area contributed by atoms with Gasteiger partial charge < -0.3 is 15.3 Å². The topological polar surface area (TPSA) is 35.5 Å². The molecule has 0 aromatic carbocycles. The highest BCUT2D eigenvalue weighted by Crippen LogP contribution is 2.88. The molecular weight excluding hydrogens is 368 g/mol. The number of nitrogens with zero attached hydrogens (tertiary/aromatic N) is 1. The fourth-order valence-electron chi connectivity index (χ4n) is 10.8. The van der Waals surface area contributed by atoms with E-state index < -0.39 is 0 Å². The lowest BCUT2D eigenvalue weighted by Gasteiger charge is -2.62. The predicted octanol–water partition coefficient (Wildman–Crippen LogP) is 4.71. The van der Waals surface area contributed by atoms with Crippen molar-refractivity contribution < 1.29 is 5.11 Å². The highest BCUT2D eigenvalue weighted by Gasteiger charge is 2.82. The number of aliphatic hydroxyl groups excluding tert-OH is 1. The van der Waals surface area contributed by atoms with Gasteiger partial charge in [0.1, 0.15) is 0 Å². The molecule has 5 aliphatic rings. The Morgan fingerprint density at radius 1 is 1.03 bits per heavy atom. The molecule has 4 saturated carbocycles. The summed E-state index contributed by atoms with van der Waals surface area (Å²) in [5, 5.41) is 14.8. The summed E-state index contributed by atoms with van der Waals surface area (Å²) in [6, 6.07) is 0.917. The molecule has 0 saturated heterocycles. The minimum absolute atomic E-state index is 0.165. The van der Waals surface area contributed by atoms with Crippen LogP contribution in [0.3, 0.4) is 0 Å². The van der Waals surface area contributed by atoms with E-state index in [0.29, 0.717) is 34.2 Å². The minimum atomic E-state index is -0.165. The van der Waals surface area contributed by atoms with Crippen molar-refractivity contribution in [3.8, 4) is 0 Å². The first-order valence-corrected chi connectivity index (χ1v) is 12.6. The molecular formula is C27H46N2O. The third-order valence-electron chi connectivity index (χ3n) is 12.2. The van der Waals surface area contributed by atoms with E-state index in [4.69, 9.17) is 0 Å². The van der Waals surface area contributed by atoms with Gasteiger partial charge in [-0.05, 0) is 106 Å². The third-order valence-corrected chi connectivity index (χ3v) is 12.2. The number of likely N-dealkylation sites (N-methyl/N-ethyl adjacent to an activating group) is 1. The molecule has 0 aromatic rings. The van der Waals surface area contributed by atoms with Gasteiger partial charge in [0.15, 0.2) is 0 Å². The van der Waals surface area contributed by atoms with Crippen LogP contribution in [0.1, 0.15) is 73.1 Å². The van der Waals surface area contributed by atoms with Gasteiger partial charge in [0.05, 0.1) is 6.10 Å². The van der Waals surface area contributed by atoms with Gasteiger partial charge >= 0.3 is 0 Å². The zero-order chi connectivity index (χ0) is 21.9. The third kappa shape index (κ3) is 2.19. The molecule has 3 heteroatoms. The molecule has 30 heavy (non-hydrogen) atoms. The van der Waals surface area contributed by atoms with Crippen LogP contribution in [0.15, 0.2) is 12.2 Å². The van der Waals surface area contributed by atoms with Crippen molar-refractivity contribution >= 4 is 0 Å². The number of allylic oxidation sites excluding steroid dienone is 1. The van der Waals surface area contributed by atoms with Crippen molar-refractivity contribution in [2.75, 3.05) is 21.1 Å². The van der Waals surface area contributed by atoms with Crippen molar-refractivity contribution in [3.05, 3.63) is 12.2 Å². The normalized spacial score (nSPS) is 56.7. The SMILES string of the molecule is CN[C@@H](C)[C@H]1[C@H](O)C[C@@]2(C)[C@@H]3CC[C@H]4C(C)(C)[C@@H](N(C)C)C=C[C@]45C[C@]35CC[C@]12C. The zero-order valence-electron chi connectivity index (χ0n) is 20.8. The number of rotatable bonds is 3. The van der Waals surface area contributed by atoms with Crippen molar-refractivity contribution in [1.29, 1.82) is 0 Å². The van der Waals surface area contributed by atoms with Crippen LogP contribution in [0, 0.1) is 44.8 Å². The summed E-state index contributed by atoms with van der Waals surface area (Å²) in [6.07, 6.45) is 12.9. The minimum Gasteiger partial charge on any atom is -0.393 e. The second-order valence-corrected chi connectivity index (χ2v) is 13.4. The van der Waals surface area contributed by atoms with Gasteiger partial charge in [-0.3, -0.25) is 0 Å². The maximum Gasteiger partial charge on any atom is 0.0594 e. The molecule has 0 unspecified atom stereocenters. The fraction of sp³-hybridized carbons (Fsp3) is 0.926. The van der Waals surface area contributed by atoms with E-state index in [2.05, 4.69) is 78.1 Å². The van der Waals surface area contributed by atoms with Crippen LogP contribution in [0.4, 0.5) is 0 Å². The van der Waals surface area contributed by atoms with E-state index >= 15 is 0 Å². The van der Waals surface area contributed by atoms with E-state index in [9.17, 15) is 5.11 Å². The lowest BCUT2D eigenvalue weighted by molar-refractivity contribution is -0.129. The predicted molar refractivity (Wildman–Crippen MR) is 124 cm³/mol. The van der Waals surface area contributed by atoms with Crippen LogP contribution in [0.2, 0.25) is 0 Å². The van der Waals surface area contributed by atoms with Gasteiger partial charge in [-0.1, -0.05) is 39.8 Å². The number of hydrogen-bond acceptors (Lipinski definition) is 3. The molecule has 0 aliphatic heterocycles. The lowest BCUT2D eigenvalue weighted by Crippen LogP contribution is -2.58. The van der Waals surface area contributed by atoms with Crippen LogP contribution in [-0.2, 0) is 0 Å². The van der Waals surface area contributed by atoms with Crippen molar-refractivity contribution in [3.63, 3.8) is 0 Å². The van der Waals surface area contributed by atoms with E-state index in [-0.39, 0.29) is 16.9 Å². The van der Waals surface area contributed by atoms with Crippen molar-refractivity contribution in [2.24, 2.45) is 44.8 Å². The van der Waals surface area contributed by atoms with Crippen molar-refractivity contribution in [1.82, 2.24) is 10.2 Å². The Balaban J connectivity index is 1.55. The molecule has 10 atom stereocenters. The summed E-state index contributed by atoms with van der Waals surface area (Å²) >= 11 is 0. The highest BCUT2D eigenvalue weighted by atomic mass is 16.3. The fourth-order valence-corrected chi connectivity index (χ4v) is 10.8. The molecule has 5 rings (SSSR count). The van der Waals surface area contributed by atoms with Gasteiger partial charge in [0.2, 0.25) is 0 Å². The standard InChI is InChI=1S/C27H46N2O/c1-17(28-6)22-18(30)15-25(5)20-10-9-19-23(2,3)21(29(7)8)11-12-26(19)16-27(20,26)14-13-24(22,25)4/h11-12,17-22,28,30H,9-10,13-16H2,1-8H3/t17-,18+,19-,20-,21-,22-,24+,25-,26-,27+/m0/s1. The summed E-state index contributed by atoms with van der Waals surface area (Å²) in [5.41, 5.74) is 1.74. The molecule has 0 aromatic heterocycles. The molecule has 0 heterocycles. The van der Waals surface area contributed by atoms with Gasteiger partial charge in [-0.25, -0.2) is 0 Å². The van der Waals surface area contributed by atoms with Gasteiger partial charge in [-0.15, -0.1) is 0 Å². The first-order chi connectivity index (χ1) is 13.9. The smallest absolute Gasteiger partial charge is 0.0594 e. The Morgan fingerprint density at radius 2 is 1.70 bits per heavy atom. The Morgan fingerprint density at radius 3 is 2.33 bits per heavy atom. The monoisotopic (exact) mass is 414 g/mol. The van der Waals surface area contributed by atoms with Gasteiger partial charge in [0, 0.05) is 18.0 Å². The Labute approximate surface area is 185 Å². The van der Waals surface area contributed by atoms with Crippen LogP contribution < -0.4 is 5.32 Å². The summed E-state index contributed by atoms with van der Waals surface area (Å²) in [6.45, 7) is 12.5. The quantitative estimate of drug-likeness (QED) is 0.657. The number of nitrogens with one attached hydrogen (secondary N) is 1. The summed E-state index contributed by atoms with van der Waals surface area (Å²) in [4.78, 5) is 2.43. The van der Waals surface area contributed by atoms with Crippen LogP contribution in [0.5, 0.6) is 0 Å². The van der Waals surface area contributed by atoms with Crippen LogP contribution in [0.25, 0.3) is 0 Å². The highest BCUT2D eigenvalue weighted by molar-refractivity contribution is 5.38. The average Bonchev–Trinajstić information content (AvgIpc) is 3.26.